The van der Waals surface area contributed by atoms with Crippen molar-refractivity contribution in [3.05, 3.63) is 48.6 Å². The molecule has 0 aliphatic rings. The minimum absolute atomic E-state index is 0.389. The number of hydrogen-bond acceptors (Lipinski definition) is 1. The van der Waals surface area contributed by atoms with Gasteiger partial charge in [0.1, 0.15) is 6.04 Å². The smallest absolute Gasteiger partial charge is 0.244 e. The van der Waals surface area contributed by atoms with Gasteiger partial charge in [-0.3, -0.25) is 4.79 Å². The molecule has 1 aromatic carbocycles. The lowest BCUT2D eigenvalue weighted by Crippen LogP contribution is -2.35. The van der Waals surface area contributed by atoms with E-state index in [-0.39, 0.29) is 5.91 Å². The molecule has 0 aliphatic heterocycles. The van der Waals surface area contributed by atoms with Crippen molar-refractivity contribution in [2.24, 2.45) is 0 Å². The highest BCUT2D eigenvalue weighted by Crippen LogP contribution is 2.39. The molecule has 2 nitrogen and oxygen atoms in total. The van der Waals surface area contributed by atoms with Crippen molar-refractivity contribution in [1.82, 2.24) is 5.32 Å². The zero-order valence-corrected chi connectivity index (χ0v) is 10.6. The Morgan fingerprint density at radius 1 is 1.31 bits per heavy atom. The highest BCUT2D eigenvalue weighted by atomic mass is 35.6. The van der Waals surface area contributed by atoms with Gasteiger partial charge in [-0.25, -0.2) is 0 Å². The van der Waals surface area contributed by atoms with E-state index in [1.807, 2.05) is 6.07 Å². The zero-order chi connectivity index (χ0) is 12.2. The maximum Gasteiger partial charge on any atom is 0.244 e. The van der Waals surface area contributed by atoms with E-state index < -0.39 is 9.83 Å². The van der Waals surface area contributed by atoms with Crippen LogP contribution in [-0.4, -0.2) is 9.70 Å². The Bertz CT molecular complexity index is 373. The molecule has 86 valence electrons. The summed E-state index contributed by atoms with van der Waals surface area (Å²) in [5, 5.41) is 2.57. The molecule has 5 heteroatoms. The van der Waals surface area contributed by atoms with Crippen molar-refractivity contribution >= 4 is 40.7 Å². The first-order valence-corrected chi connectivity index (χ1v) is 5.63. The van der Waals surface area contributed by atoms with Crippen LogP contribution in [-0.2, 0) is 4.79 Å². The number of carbonyl (C=O) groups excluding carboxylic acids is 1. The summed E-state index contributed by atoms with van der Waals surface area (Å²) in [6.07, 6.45) is 1.13. The third kappa shape index (κ3) is 3.71. The predicted molar refractivity (Wildman–Crippen MR) is 67.8 cm³/mol. The summed E-state index contributed by atoms with van der Waals surface area (Å²) < 4.78 is -1.61. The van der Waals surface area contributed by atoms with Gasteiger partial charge in [0.2, 0.25) is 9.70 Å². The number of amides is 1. The number of benzene rings is 1. The van der Waals surface area contributed by atoms with Gasteiger partial charge in [0.25, 0.3) is 0 Å². The van der Waals surface area contributed by atoms with E-state index in [0.717, 1.165) is 11.6 Å². The van der Waals surface area contributed by atoms with E-state index in [9.17, 15) is 4.79 Å². The normalized spacial score (nSPS) is 12.9. The lowest BCUT2D eigenvalue weighted by molar-refractivity contribution is -0.117. The average Bonchev–Trinajstić information content (AvgIpc) is 2.25. The fraction of sp³-hybridized carbons (Fsp3) is 0.182. The summed E-state index contributed by atoms with van der Waals surface area (Å²) in [5.41, 5.74) is 0.720. The Balaban J connectivity index is 2.97. The lowest BCUT2D eigenvalue weighted by Gasteiger charge is -2.25. The van der Waals surface area contributed by atoms with Crippen LogP contribution in [0.15, 0.2) is 43.0 Å². The van der Waals surface area contributed by atoms with Crippen molar-refractivity contribution in [1.29, 1.82) is 0 Å². The van der Waals surface area contributed by atoms with Gasteiger partial charge in [-0.05, 0) is 11.6 Å². The maximum atomic E-state index is 11.2. The minimum Gasteiger partial charge on any atom is -0.341 e. The third-order valence-electron chi connectivity index (χ3n) is 1.93. The van der Waals surface area contributed by atoms with Crippen LogP contribution in [0.2, 0.25) is 0 Å². The summed E-state index contributed by atoms with van der Waals surface area (Å²) in [7, 11) is 0. The summed E-state index contributed by atoms with van der Waals surface area (Å²) in [6.45, 7) is 3.35. The monoisotopic (exact) mass is 277 g/mol. The van der Waals surface area contributed by atoms with Gasteiger partial charge < -0.3 is 5.32 Å². The zero-order valence-electron chi connectivity index (χ0n) is 8.29. The molecule has 0 saturated carbocycles. The fourth-order valence-electron chi connectivity index (χ4n) is 1.20. The Kier molecular flexibility index (Phi) is 4.66. The van der Waals surface area contributed by atoms with Crippen LogP contribution in [0.4, 0.5) is 0 Å². The summed E-state index contributed by atoms with van der Waals surface area (Å²) in [6, 6.07) is 8.29. The SMILES string of the molecule is C=CC(=O)NC(c1ccccc1)C(Cl)(Cl)Cl. The standard InChI is InChI=1S/C11H10Cl3NO/c1-2-9(16)15-10(11(12,13)14)8-6-4-3-5-7-8/h2-7,10H,1H2,(H,15,16). The first-order valence-electron chi connectivity index (χ1n) is 4.49. The molecule has 0 heterocycles. The van der Waals surface area contributed by atoms with Crippen molar-refractivity contribution in [3.8, 4) is 0 Å². The number of carbonyl (C=O) groups is 1. The van der Waals surface area contributed by atoms with Gasteiger partial charge in [-0.1, -0.05) is 71.7 Å². The van der Waals surface area contributed by atoms with Gasteiger partial charge in [-0.2, -0.15) is 0 Å². The highest BCUT2D eigenvalue weighted by Gasteiger charge is 2.34. The van der Waals surface area contributed by atoms with E-state index in [2.05, 4.69) is 11.9 Å². The van der Waals surface area contributed by atoms with Crippen LogP contribution < -0.4 is 5.32 Å². The molecular weight excluding hydrogens is 268 g/mol. The number of hydrogen-bond donors (Lipinski definition) is 1. The van der Waals surface area contributed by atoms with Gasteiger partial charge in [0, 0.05) is 0 Å². The molecule has 0 aromatic heterocycles. The molecule has 0 radical (unpaired) electrons. The Labute approximate surface area is 109 Å². The molecule has 0 saturated heterocycles. The predicted octanol–water partition coefficient (Wildman–Crippen LogP) is 3.40. The van der Waals surface area contributed by atoms with Crippen LogP contribution in [0.1, 0.15) is 11.6 Å². The van der Waals surface area contributed by atoms with Crippen LogP contribution in [0.3, 0.4) is 0 Å². The lowest BCUT2D eigenvalue weighted by atomic mass is 10.1. The van der Waals surface area contributed by atoms with E-state index in [1.165, 1.54) is 0 Å². The van der Waals surface area contributed by atoms with Crippen LogP contribution >= 0.6 is 34.8 Å². The Morgan fingerprint density at radius 3 is 2.31 bits per heavy atom. The molecule has 1 aromatic rings. The summed E-state index contributed by atoms with van der Waals surface area (Å²) in [5.74, 6) is -0.389. The molecule has 0 fully saturated rings. The van der Waals surface area contributed by atoms with Crippen LogP contribution in [0.25, 0.3) is 0 Å². The largest absolute Gasteiger partial charge is 0.341 e. The van der Waals surface area contributed by atoms with E-state index in [4.69, 9.17) is 34.8 Å². The molecular formula is C11H10Cl3NO. The summed E-state index contributed by atoms with van der Waals surface area (Å²) >= 11 is 17.4. The van der Waals surface area contributed by atoms with Crippen LogP contribution in [0.5, 0.6) is 0 Å². The second-order valence-corrected chi connectivity index (χ2v) is 5.47. The molecule has 0 spiro atoms. The third-order valence-corrected chi connectivity index (χ3v) is 2.59. The molecule has 1 rings (SSSR count). The minimum atomic E-state index is -1.61. The van der Waals surface area contributed by atoms with Crippen molar-refractivity contribution in [2.75, 3.05) is 0 Å². The maximum absolute atomic E-state index is 11.2. The van der Waals surface area contributed by atoms with Crippen molar-refractivity contribution in [3.63, 3.8) is 0 Å². The van der Waals surface area contributed by atoms with Crippen molar-refractivity contribution < 1.29 is 4.79 Å². The Hall–Kier alpha value is -0.700. The highest BCUT2D eigenvalue weighted by molar-refractivity contribution is 6.68. The second-order valence-electron chi connectivity index (χ2n) is 3.10. The van der Waals surface area contributed by atoms with Gasteiger partial charge in [0.15, 0.2) is 0 Å². The topological polar surface area (TPSA) is 29.1 Å². The molecule has 0 bridgehead atoms. The fourth-order valence-corrected chi connectivity index (χ4v) is 1.74. The average molecular weight is 279 g/mol. The Morgan fingerprint density at radius 2 is 1.88 bits per heavy atom. The van der Waals surface area contributed by atoms with Gasteiger partial charge in [-0.15, -0.1) is 0 Å². The number of rotatable bonds is 3. The first kappa shape index (κ1) is 13.4. The van der Waals surface area contributed by atoms with Crippen molar-refractivity contribution in [2.45, 2.75) is 9.83 Å². The first-order chi connectivity index (χ1) is 7.45. The van der Waals surface area contributed by atoms with Gasteiger partial charge >= 0.3 is 0 Å². The molecule has 1 atom stereocenters. The number of halogens is 3. The van der Waals surface area contributed by atoms with Gasteiger partial charge in [0.05, 0.1) is 0 Å². The van der Waals surface area contributed by atoms with E-state index >= 15 is 0 Å². The van der Waals surface area contributed by atoms with Crippen LogP contribution in [0, 0.1) is 0 Å². The molecule has 0 aliphatic carbocycles. The molecule has 1 amide bonds. The molecule has 1 unspecified atom stereocenters. The number of nitrogens with one attached hydrogen (secondary N) is 1. The van der Waals surface area contributed by atoms with E-state index in [0.29, 0.717) is 0 Å². The quantitative estimate of drug-likeness (QED) is 0.666. The van der Waals surface area contributed by atoms with E-state index in [1.54, 1.807) is 24.3 Å². The molecule has 16 heavy (non-hydrogen) atoms. The second kappa shape index (κ2) is 5.58. The number of alkyl halides is 3. The summed E-state index contributed by atoms with van der Waals surface area (Å²) in [4.78, 5) is 11.2. The molecule has 1 N–H and O–H groups in total.